The van der Waals surface area contributed by atoms with Crippen LogP contribution in [0.3, 0.4) is 0 Å². The van der Waals surface area contributed by atoms with Crippen LogP contribution in [0.2, 0.25) is 0 Å². The van der Waals surface area contributed by atoms with Gasteiger partial charge in [0, 0.05) is 12.5 Å². The Hall–Kier alpha value is -2.76. The summed E-state index contributed by atoms with van der Waals surface area (Å²) in [7, 11) is 3.14. The van der Waals surface area contributed by atoms with Crippen molar-refractivity contribution in [1.29, 1.82) is 0 Å². The highest BCUT2D eigenvalue weighted by Crippen LogP contribution is 2.28. The molecule has 0 fully saturated rings. The first-order chi connectivity index (χ1) is 12.5. The van der Waals surface area contributed by atoms with Gasteiger partial charge in [-0.25, -0.2) is 4.39 Å². The van der Waals surface area contributed by atoms with Gasteiger partial charge in [-0.05, 0) is 43.2 Å². The number of methoxy groups -OCH3 is 2. The van der Waals surface area contributed by atoms with Crippen molar-refractivity contribution < 1.29 is 28.1 Å². The van der Waals surface area contributed by atoms with Crippen LogP contribution in [-0.4, -0.2) is 32.9 Å². The first-order valence-corrected chi connectivity index (χ1v) is 8.30. The molecule has 2 aromatic carbocycles. The van der Waals surface area contributed by atoms with Gasteiger partial charge in [0.25, 0.3) is 0 Å². The lowest BCUT2D eigenvalue weighted by molar-refractivity contribution is -0.149. The van der Waals surface area contributed by atoms with E-state index in [1.807, 2.05) is 12.1 Å². The lowest BCUT2D eigenvalue weighted by Crippen LogP contribution is -2.22. The van der Waals surface area contributed by atoms with Crippen molar-refractivity contribution in [3.05, 3.63) is 53.8 Å². The molecule has 5 nitrogen and oxygen atoms in total. The summed E-state index contributed by atoms with van der Waals surface area (Å²) in [6.45, 7) is 1.89. The first-order valence-electron chi connectivity index (χ1n) is 8.30. The van der Waals surface area contributed by atoms with E-state index in [4.69, 9.17) is 18.9 Å². The van der Waals surface area contributed by atoms with Crippen molar-refractivity contribution in [2.75, 3.05) is 20.8 Å². The number of carbonyl (C=O) groups excluding carboxylic acids is 1. The third-order valence-corrected chi connectivity index (χ3v) is 3.68. The van der Waals surface area contributed by atoms with E-state index in [0.29, 0.717) is 23.7 Å². The third-order valence-electron chi connectivity index (χ3n) is 3.68. The molecule has 0 amide bonds. The normalized spacial score (nSPS) is 11.5. The summed E-state index contributed by atoms with van der Waals surface area (Å²) in [6, 6.07) is 11.3. The quantitative estimate of drug-likeness (QED) is 0.636. The van der Waals surface area contributed by atoms with E-state index < -0.39 is 6.10 Å². The molecule has 0 spiro atoms. The first kappa shape index (κ1) is 19.6. The zero-order valence-corrected chi connectivity index (χ0v) is 15.2. The van der Waals surface area contributed by atoms with E-state index in [1.165, 1.54) is 12.1 Å². The monoisotopic (exact) mass is 362 g/mol. The van der Waals surface area contributed by atoms with Gasteiger partial charge in [0.15, 0.2) is 11.5 Å². The molecule has 0 saturated heterocycles. The Morgan fingerprint density at radius 1 is 1.08 bits per heavy atom. The molecule has 26 heavy (non-hydrogen) atoms. The molecule has 0 aliphatic carbocycles. The molecule has 1 unspecified atom stereocenters. The maximum Gasteiger partial charge on any atom is 0.306 e. The lowest BCUT2D eigenvalue weighted by Gasteiger charge is -2.15. The Balaban J connectivity index is 1.77. The van der Waals surface area contributed by atoms with Gasteiger partial charge in [0.1, 0.15) is 24.3 Å². The predicted molar refractivity (Wildman–Crippen MR) is 95.3 cm³/mol. The Morgan fingerprint density at radius 3 is 2.54 bits per heavy atom. The smallest absolute Gasteiger partial charge is 0.306 e. The number of hydrogen-bond acceptors (Lipinski definition) is 5. The molecular weight excluding hydrogens is 339 g/mol. The fraction of sp³-hybridized carbons (Fsp3) is 0.350. The van der Waals surface area contributed by atoms with Gasteiger partial charge in [0.2, 0.25) is 0 Å². The van der Waals surface area contributed by atoms with Crippen molar-refractivity contribution in [2.24, 2.45) is 0 Å². The molecule has 0 heterocycles. The molecule has 0 saturated carbocycles. The number of hydrogen-bond donors (Lipinski definition) is 0. The molecule has 0 aliphatic heterocycles. The van der Waals surface area contributed by atoms with Crippen LogP contribution in [-0.2, 0) is 16.0 Å². The molecule has 0 bridgehead atoms. The fourth-order valence-corrected chi connectivity index (χ4v) is 2.37. The summed E-state index contributed by atoms with van der Waals surface area (Å²) in [5, 5.41) is 0. The number of aryl methyl sites for hydroxylation is 1. The predicted octanol–water partition coefficient (Wildman–Crippen LogP) is 3.79. The number of carbonyl (C=O) groups is 1. The molecule has 0 aliphatic rings. The Labute approximate surface area is 152 Å². The molecular formula is C20H23FO5. The molecule has 6 heteroatoms. The van der Waals surface area contributed by atoms with Crippen molar-refractivity contribution >= 4 is 5.97 Å². The van der Waals surface area contributed by atoms with Crippen molar-refractivity contribution in [3.63, 3.8) is 0 Å². The van der Waals surface area contributed by atoms with Crippen LogP contribution in [0.4, 0.5) is 4.39 Å². The maximum atomic E-state index is 13.1. The van der Waals surface area contributed by atoms with Crippen molar-refractivity contribution in [3.8, 4) is 17.2 Å². The minimum atomic E-state index is -0.434. The Bertz CT molecular complexity index is 732. The van der Waals surface area contributed by atoms with Crippen molar-refractivity contribution in [2.45, 2.75) is 25.9 Å². The summed E-state index contributed by atoms with van der Waals surface area (Å²) >= 11 is 0. The van der Waals surface area contributed by atoms with Gasteiger partial charge >= 0.3 is 5.97 Å². The second-order valence-electron chi connectivity index (χ2n) is 5.76. The highest BCUT2D eigenvalue weighted by molar-refractivity contribution is 5.70. The molecule has 0 radical (unpaired) electrons. The standard InChI is InChI=1S/C20H23FO5/c1-14(13-25-17-6-4-5-16(21)12-17)26-20(22)10-8-15-7-9-18(23-2)19(11-15)24-3/h4-7,9,11-12,14H,8,10,13H2,1-3H3. The van der Waals surface area contributed by atoms with E-state index >= 15 is 0 Å². The molecule has 1 atom stereocenters. The fourth-order valence-electron chi connectivity index (χ4n) is 2.37. The van der Waals surface area contributed by atoms with E-state index in [1.54, 1.807) is 39.3 Å². The SMILES string of the molecule is COc1ccc(CCC(=O)OC(C)COc2cccc(F)c2)cc1OC. The van der Waals surface area contributed by atoms with Gasteiger partial charge in [-0.3, -0.25) is 4.79 Å². The zero-order chi connectivity index (χ0) is 18.9. The summed E-state index contributed by atoms with van der Waals surface area (Å²) in [5.74, 6) is 0.965. The minimum absolute atomic E-state index is 0.158. The summed E-state index contributed by atoms with van der Waals surface area (Å²) in [6.07, 6.45) is 0.326. The van der Waals surface area contributed by atoms with Crippen LogP contribution in [0.15, 0.2) is 42.5 Å². The zero-order valence-electron chi connectivity index (χ0n) is 15.2. The second-order valence-corrected chi connectivity index (χ2v) is 5.76. The molecule has 2 rings (SSSR count). The number of rotatable bonds is 9. The van der Waals surface area contributed by atoms with Gasteiger partial charge in [0.05, 0.1) is 14.2 Å². The highest BCUT2D eigenvalue weighted by atomic mass is 19.1. The van der Waals surface area contributed by atoms with Crippen molar-refractivity contribution in [1.82, 2.24) is 0 Å². The number of ether oxygens (including phenoxy) is 4. The summed E-state index contributed by atoms with van der Waals surface area (Å²) in [4.78, 5) is 12.0. The van der Waals surface area contributed by atoms with E-state index in [9.17, 15) is 9.18 Å². The topological polar surface area (TPSA) is 54.0 Å². The molecule has 0 aromatic heterocycles. The van der Waals surface area contributed by atoms with Crippen LogP contribution < -0.4 is 14.2 Å². The molecule has 2 aromatic rings. The molecule has 140 valence electrons. The van der Waals surface area contributed by atoms with Gasteiger partial charge in [-0.15, -0.1) is 0 Å². The van der Waals surface area contributed by atoms with Crippen LogP contribution >= 0.6 is 0 Å². The Kier molecular flexibility index (Phi) is 7.26. The number of esters is 1. The van der Waals surface area contributed by atoms with Crippen LogP contribution in [0.5, 0.6) is 17.2 Å². The molecule has 0 N–H and O–H groups in total. The van der Waals surface area contributed by atoms with Gasteiger partial charge in [-0.1, -0.05) is 12.1 Å². The average Bonchev–Trinajstić information content (AvgIpc) is 2.64. The van der Waals surface area contributed by atoms with E-state index in [-0.39, 0.29) is 24.8 Å². The maximum absolute atomic E-state index is 13.1. The second kappa shape index (κ2) is 9.65. The van der Waals surface area contributed by atoms with E-state index in [0.717, 1.165) is 5.56 Å². The van der Waals surface area contributed by atoms with Gasteiger partial charge < -0.3 is 18.9 Å². The largest absolute Gasteiger partial charge is 0.493 e. The lowest BCUT2D eigenvalue weighted by atomic mass is 10.1. The van der Waals surface area contributed by atoms with Crippen LogP contribution in [0.25, 0.3) is 0 Å². The van der Waals surface area contributed by atoms with Crippen LogP contribution in [0.1, 0.15) is 18.9 Å². The average molecular weight is 362 g/mol. The Morgan fingerprint density at radius 2 is 1.85 bits per heavy atom. The highest BCUT2D eigenvalue weighted by Gasteiger charge is 2.12. The van der Waals surface area contributed by atoms with E-state index in [2.05, 4.69) is 0 Å². The minimum Gasteiger partial charge on any atom is -0.493 e. The number of benzene rings is 2. The summed E-state index contributed by atoms with van der Waals surface area (Å²) < 4.78 is 34.2. The van der Waals surface area contributed by atoms with Gasteiger partial charge in [-0.2, -0.15) is 0 Å². The third kappa shape index (κ3) is 5.95. The summed E-state index contributed by atoms with van der Waals surface area (Å²) in [5.41, 5.74) is 0.947. The van der Waals surface area contributed by atoms with Crippen LogP contribution in [0, 0.1) is 5.82 Å². The number of halogens is 1.